The number of amides is 1. The average molecular weight is 396 g/mol. The van der Waals surface area contributed by atoms with Crippen LogP contribution in [0.5, 0.6) is 0 Å². The van der Waals surface area contributed by atoms with E-state index in [1.807, 2.05) is 41.3 Å². The first-order valence-electron chi connectivity index (χ1n) is 9.79. The maximum atomic E-state index is 12.9. The van der Waals surface area contributed by atoms with Crippen LogP contribution in [0.1, 0.15) is 33.1 Å². The monoisotopic (exact) mass is 395 g/mol. The van der Waals surface area contributed by atoms with E-state index < -0.39 is 0 Å². The second-order valence-corrected chi connectivity index (χ2v) is 8.64. The third kappa shape index (κ3) is 3.41. The zero-order chi connectivity index (χ0) is 19.8. The Morgan fingerprint density at radius 3 is 2.46 bits per heavy atom. The largest absolute Gasteiger partial charge is 0.337 e. The summed E-state index contributed by atoms with van der Waals surface area (Å²) >= 11 is 1.35. The normalized spacial score (nSPS) is 20.0. The van der Waals surface area contributed by atoms with Gasteiger partial charge in [0, 0.05) is 19.1 Å². The third-order valence-electron chi connectivity index (χ3n) is 5.71. The predicted molar refractivity (Wildman–Crippen MR) is 115 cm³/mol. The molecular formula is C22H25N3O2S. The molecule has 0 unspecified atom stereocenters. The van der Waals surface area contributed by atoms with Gasteiger partial charge in [-0.05, 0) is 56.0 Å². The first kappa shape index (κ1) is 19.0. The van der Waals surface area contributed by atoms with E-state index in [1.165, 1.54) is 18.2 Å². The van der Waals surface area contributed by atoms with E-state index in [0.29, 0.717) is 21.8 Å². The number of likely N-dealkylation sites (tertiary alicyclic amines) is 1. The number of thioether (sulfide) groups is 1. The summed E-state index contributed by atoms with van der Waals surface area (Å²) < 4.78 is 1.55. The molecule has 0 N–H and O–H groups in total. The summed E-state index contributed by atoms with van der Waals surface area (Å²) in [6, 6.07) is 12.4. The summed E-state index contributed by atoms with van der Waals surface area (Å²) in [5.41, 5.74) is 0.599. The summed E-state index contributed by atoms with van der Waals surface area (Å²) in [4.78, 5) is 32.4. The minimum atomic E-state index is -0.0783. The van der Waals surface area contributed by atoms with Gasteiger partial charge in [0.2, 0.25) is 5.91 Å². The Kier molecular flexibility index (Phi) is 5.15. The smallest absolute Gasteiger partial charge is 0.261 e. The summed E-state index contributed by atoms with van der Waals surface area (Å²) in [5.74, 6) is 0.422. The molecule has 1 aliphatic heterocycles. The van der Waals surface area contributed by atoms with E-state index in [4.69, 9.17) is 4.98 Å². The zero-order valence-electron chi connectivity index (χ0n) is 16.5. The average Bonchev–Trinajstić information content (AvgIpc) is 2.68. The van der Waals surface area contributed by atoms with Crippen LogP contribution in [-0.2, 0) is 11.8 Å². The first-order chi connectivity index (χ1) is 13.5. The van der Waals surface area contributed by atoms with E-state index in [-0.39, 0.29) is 23.6 Å². The Morgan fingerprint density at radius 2 is 1.79 bits per heavy atom. The van der Waals surface area contributed by atoms with Crippen LogP contribution < -0.4 is 5.56 Å². The minimum Gasteiger partial charge on any atom is -0.337 e. The second-order valence-electron chi connectivity index (χ2n) is 7.69. The number of hydrogen-bond acceptors (Lipinski definition) is 4. The lowest BCUT2D eigenvalue weighted by atomic mass is 9.98. The Labute approximate surface area is 168 Å². The fraction of sp³-hybridized carbons (Fsp3) is 0.409. The number of fused-ring (bicyclic) bond motifs is 2. The minimum absolute atomic E-state index is 0.0783. The van der Waals surface area contributed by atoms with Crippen molar-refractivity contribution < 1.29 is 4.79 Å². The molecular weight excluding hydrogens is 370 g/mol. The Hall–Kier alpha value is -2.34. The topological polar surface area (TPSA) is 55.2 Å². The molecule has 0 radical (unpaired) electrons. The molecule has 2 aromatic carbocycles. The van der Waals surface area contributed by atoms with Gasteiger partial charge in [-0.15, -0.1) is 0 Å². The standard InChI is InChI=1S/C22H25N3O2S/c1-14-7-6-8-15(2)25(14)20(26)13-28-22-23-19-12-17-10-5-4-9-16(17)11-18(19)21(27)24(22)3/h4-5,9-12,14-15H,6-8,13H2,1-3H3/t14-,15-/m1/s1. The van der Waals surface area contributed by atoms with E-state index in [9.17, 15) is 9.59 Å². The van der Waals surface area contributed by atoms with Gasteiger partial charge in [-0.3, -0.25) is 14.2 Å². The molecule has 0 aliphatic carbocycles. The molecule has 4 rings (SSSR count). The van der Waals surface area contributed by atoms with Gasteiger partial charge >= 0.3 is 0 Å². The Bertz CT molecular complexity index is 1100. The van der Waals surface area contributed by atoms with Gasteiger partial charge in [0.1, 0.15) is 0 Å². The van der Waals surface area contributed by atoms with Crippen molar-refractivity contribution in [3.8, 4) is 0 Å². The van der Waals surface area contributed by atoms with E-state index in [2.05, 4.69) is 13.8 Å². The highest BCUT2D eigenvalue weighted by atomic mass is 32.2. The third-order valence-corrected chi connectivity index (χ3v) is 6.72. The van der Waals surface area contributed by atoms with Crippen molar-refractivity contribution in [1.29, 1.82) is 0 Å². The van der Waals surface area contributed by atoms with Crippen LogP contribution in [0.15, 0.2) is 46.3 Å². The number of nitrogens with zero attached hydrogens (tertiary/aromatic N) is 3. The summed E-state index contributed by atoms with van der Waals surface area (Å²) in [7, 11) is 1.73. The number of rotatable bonds is 3. The van der Waals surface area contributed by atoms with Crippen LogP contribution in [-0.4, -0.2) is 38.2 Å². The fourth-order valence-electron chi connectivity index (χ4n) is 4.18. The van der Waals surface area contributed by atoms with Crippen LogP contribution >= 0.6 is 11.8 Å². The lowest BCUT2D eigenvalue weighted by molar-refractivity contribution is -0.134. The van der Waals surface area contributed by atoms with Gasteiger partial charge in [0.15, 0.2) is 5.16 Å². The molecule has 2 heterocycles. The zero-order valence-corrected chi connectivity index (χ0v) is 17.3. The molecule has 1 fully saturated rings. The maximum Gasteiger partial charge on any atom is 0.261 e. The summed E-state index contributed by atoms with van der Waals surface area (Å²) in [6.07, 6.45) is 3.29. The number of carbonyl (C=O) groups excluding carboxylic acids is 1. The highest BCUT2D eigenvalue weighted by molar-refractivity contribution is 7.99. The quantitative estimate of drug-likeness (QED) is 0.383. The number of piperidine rings is 1. The molecule has 0 spiro atoms. The number of hydrogen-bond donors (Lipinski definition) is 0. The predicted octanol–water partition coefficient (Wildman–Crippen LogP) is 3.97. The molecule has 1 amide bonds. The van der Waals surface area contributed by atoms with Gasteiger partial charge in [0.25, 0.3) is 5.56 Å². The highest BCUT2D eigenvalue weighted by Gasteiger charge is 2.28. The number of benzene rings is 2. The van der Waals surface area contributed by atoms with E-state index in [1.54, 1.807) is 11.6 Å². The maximum absolute atomic E-state index is 12.9. The van der Waals surface area contributed by atoms with Gasteiger partial charge in [-0.1, -0.05) is 36.0 Å². The summed E-state index contributed by atoms with van der Waals surface area (Å²) in [5, 5.41) is 3.27. The molecule has 1 aliphatic rings. The molecule has 2 atom stereocenters. The SMILES string of the molecule is C[C@@H]1CCC[C@@H](C)N1C(=O)CSc1nc2cc3ccccc3cc2c(=O)n1C. The molecule has 1 aromatic heterocycles. The van der Waals surface area contributed by atoms with Crippen molar-refractivity contribution in [3.05, 3.63) is 46.8 Å². The fourth-order valence-corrected chi connectivity index (χ4v) is 5.02. The van der Waals surface area contributed by atoms with E-state index in [0.717, 1.165) is 23.6 Å². The lowest BCUT2D eigenvalue weighted by Gasteiger charge is -2.39. The lowest BCUT2D eigenvalue weighted by Crippen LogP contribution is -2.48. The van der Waals surface area contributed by atoms with Crippen LogP contribution in [0.3, 0.4) is 0 Å². The van der Waals surface area contributed by atoms with Crippen LogP contribution in [0, 0.1) is 0 Å². The van der Waals surface area contributed by atoms with Crippen molar-refractivity contribution >= 4 is 39.3 Å². The van der Waals surface area contributed by atoms with Crippen molar-refractivity contribution in [3.63, 3.8) is 0 Å². The van der Waals surface area contributed by atoms with E-state index >= 15 is 0 Å². The molecule has 3 aromatic rings. The van der Waals surface area contributed by atoms with Crippen molar-refractivity contribution in [2.24, 2.45) is 7.05 Å². The second kappa shape index (κ2) is 7.59. The molecule has 28 heavy (non-hydrogen) atoms. The Balaban J connectivity index is 1.63. The molecule has 146 valence electrons. The number of aromatic nitrogens is 2. The molecule has 6 heteroatoms. The van der Waals surface area contributed by atoms with Gasteiger partial charge < -0.3 is 4.90 Å². The molecule has 0 bridgehead atoms. The first-order valence-corrected chi connectivity index (χ1v) is 10.8. The highest BCUT2D eigenvalue weighted by Crippen LogP contribution is 2.26. The van der Waals surface area contributed by atoms with Crippen molar-refractivity contribution in [2.45, 2.75) is 50.4 Å². The Morgan fingerprint density at radius 1 is 1.14 bits per heavy atom. The van der Waals surface area contributed by atoms with Crippen LogP contribution in [0.2, 0.25) is 0 Å². The van der Waals surface area contributed by atoms with Gasteiger partial charge in [-0.2, -0.15) is 0 Å². The molecule has 1 saturated heterocycles. The molecule has 0 saturated carbocycles. The number of carbonyl (C=O) groups is 1. The van der Waals surface area contributed by atoms with Crippen LogP contribution in [0.25, 0.3) is 21.7 Å². The van der Waals surface area contributed by atoms with Gasteiger partial charge in [0.05, 0.1) is 16.7 Å². The molecule has 5 nitrogen and oxygen atoms in total. The van der Waals surface area contributed by atoms with Gasteiger partial charge in [-0.25, -0.2) is 4.98 Å². The van der Waals surface area contributed by atoms with Crippen molar-refractivity contribution in [2.75, 3.05) is 5.75 Å². The van der Waals surface area contributed by atoms with Crippen LogP contribution in [0.4, 0.5) is 0 Å². The van der Waals surface area contributed by atoms with Crippen molar-refractivity contribution in [1.82, 2.24) is 14.5 Å². The summed E-state index contributed by atoms with van der Waals surface area (Å²) in [6.45, 7) is 4.24.